The first-order valence-electron chi connectivity index (χ1n) is 8.50. The molecule has 1 saturated carbocycles. The van der Waals surface area contributed by atoms with E-state index in [0.717, 1.165) is 38.1 Å². The second-order valence-electron chi connectivity index (χ2n) is 6.60. The molecular weight excluding hydrogens is 276 g/mol. The standard InChI is InChI=1S/C18H26N2O2/c1-13-9-10-19-12-17(13)20-18(21)14-5-4-8-16(11-14)22-15-6-2-3-7-15/h4-5,8,11,13,15,17,19H,2-3,6-7,9-10,12H2,1H3,(H,20,21). The first-order chi connectivity index (χ1) is 10.7. The highest BCUT2D eigenvalue weighted by molar-refractivity contribution is 5.94. The summed E-state index contributed by atoms with van der Waals surface area (Å²) < 4.78 is 5.98. The van der Waals surface area contributed by atoms with Crippen LogP contribution in [0.4, 0.5) is 0 Å². The Bertz CT molecular complexity index is 512. The van der Waals surface area contributed by atoms with Crippen LogP contribution in [-0.4, -0.2) is 31.1 Å². The van der Waals surface area contributed by atoms with Crippen molar-refractivity contribution in [3.05, 3.63) is 29.8 Å². The molecule has 3 rings (SSSR count). The topological polar surface area (TPSA) is 50.4 Å². The summed E-state index contributed by atoms with van der Waals surface area (Å²) >= 11 is 0. The van der Waals surface area contributed by atoms with Crippen molar-refractivity contribution in [3.8, 4) is 5.75 Å². The molecular formula is C18H26N2O2. The van der Waals surface area contributed by atoms with Crippen LogP contribution in [-0.2, 0) is 0 Å². The highest BCUT2D eigenvalue weighted by atomic mass is 16.5. The average Bonchev–Trinajstić information content (AvgIpc) is 3.03. The molecule has 2 atom stereocenters. The maximum Gasteiger partial charge on any atom is 0.251 e. The third-order valence-electron chi connectivity index (χ3n) is 4.85. The summed E-state index contributed by atoms with van der Waals surface area (Å²) in [6, 6.07) is 7.79. The summed E-state index contributed by atoms with van der Waals surface area (Å²) in [5, 5.41) is 6.49. The summed E-state index contributed by atoms with van der Waals surface area (Å²) in [7, 11) is 0. The Morgan fingerprint density at radius 3 is 2.86 bits per heavy atom. The third kappa shape index (κ3) is 3.80. The third-order valence-corrected chi connectivity index (χ3v) is 4.85. The fraction of sp³-hybridized carbons (Fsp3) is 0.611. The number of amides is 1. The van der Waals surface area contributed by atoms with Gasteiger partial charge in [0.25, 0.3) is 5.91 Å². The van der Waals surface area contributed by atoms with Crippen LogP contribution in [0.5, 0.6) is 5.75 Å². The van der Waals surface area contributed by atoms with E-state index in [1.165, 1.54) is 12.8 Å². The normalized spacial score (nSPS) is 25.9. The van der Waals surface area contributed by atoms with Crippen molar-refractivity contribution in [1.29, 1.82) is 0 Å². The van der Waals surface area contributed by atoms with Crippen LogP contribution >= 0.6 is 0 Å². The van der Waals surface area contributed by atoms with Gasteiger partial charge in [-0.3, -0.25) is 4.79 Å². The van der Waals surface area contributed by atoms with Gasteiger partial charge in [0.15, 0.2) is 0 Å². The van der Waals surface area contributed by atoms with Crippen molar-refractivity contribution >= 4 is 5.91 Å². The van der Waals surface area contributed by atoms with Crippen LogP contribution in [0.3, 0.4) is 0 Å². The maximum absolute atomic E-state index is 12.5. The predicted molar refractivity (Wildman–Crippen MR) is 87.2 cm³/mol. The first kappa shape index (κ1) is 15.3. The zero-order chi connectivity index (χ0) is 15.4. The number of carbonyl (C=O) groups is 1. The Morgan fingerprint density at radius 1 is 1.27 bits per heavy atom. The second kappa shape index (κ2) is 7.14. The van der Waals surface area contributed by atoms with Crippen molar-refractivity contribution in [1.82, 2.24) is 10.6 Å². The lowest BCUT2D eigenvalue weighted by Gasteiger charge is -2.30. The molecule has 1 aromatic rings. The molecule has 0 radical (unpaired) electrons. The smallest absolute Gasteiger partial charge is 0.251 e. The minimum absolute atomic E-state index is 0.00239. The fourth-order valence-electron chi connectivity index (χ4n) is 3.34. The molecule has 1 aromatic carbocycles. The van der Waals surface area contributed by atoms with E-state index in [0.29, 0.717) is 17.6 Å². The quantitative estimate of drug-likeness (QED) is 0.899. The van der Waals surface area contributed by atoms with Gasteiger partial charge in [-0.2, -0.15) is 0 Å². The van der Waals surface area contributed by atoms with Gasteiger partial charge in [-0.15, -0.1) is 0 Å². The average molecular weight is 302 g/mol. The summed E-state index contributed by atoms with van der Waals surface area (Å²) in [6.45, 7) is 4.09. The molecule has 2 aliphatic rings. The van der Waals surface area contributed by atoms with Gasteiger partial charge in [0.05, 0.1) is 6.10 Å². The Labute approximate surface area is 132 Å². The molecule has 1 saturated heterocycles. The van der Waals surface area contributed by atoms with Crippen molar-refractivity contribution in [2.45, 2.75) is 51.2 Å². The summed E-state index contributed by atoms with van der Waals surface area (Å²) in [4.78, 5) is 12.5. The predicted octanol–water partition coefficient (Wildman–Crippen LogP) is 2.74. The van der Waals surface area contributed by atoms with Crippen molar-refractivity contribution in [3.63, 3.8) is 0 Å². The number of nitrogens with one attached hydrogen (secondary N) is 2. The van der Waals surface area contributed by atoms with Crippen molar-refractivity contribution in [2.24, 2.45) is 5.92 Å². The van der Waals surface area contributed by atoms with Gasteiger partial charge >= 0.3 is 0 Å². The Morgan fingerprint density at radius 2 is 2.09 bits per heavy atom. The Hall–Kier alpha value is -1.55. The van der Waals surface area contributed by atoms with E-state index >= 15 is 0 Å². The lowest BCUT2D eigenvalue weighted by molar-refractivity contribution is 0.0914. The minimum atomic E-state index is -0.00239. The van der Waals surface area contributed by atoms with E-state index in [1.807, 2.05) is 24.3 Å². The summed E-state index contributed by atoms with van der Waals surface area (Å²) in [5.41, 5.74) is 0.688. The maximum atomic E-state index is 12.5. The molecule has 2 N–H and O–H groups in total. The molecule has 1 aliphatic carbocycles. The van der Waals surface area contributed by atoms with Crippen LogP contribution < -0.4 is 15.4 Å². The number of rotatable bonds is 4. The van der Waals surface area contributed by atoms with Gasteiger partial charge < -0.3 is 15.4 Å². The largest absolute Gasteiger partial charge is 0.490 e. The highest BCUT2D eigenvalue weighted by Crippen LogP contribution is 2.24. The van der Waals surface area contributed by atoms with Crippen LogP contribution in [0.25, 0.3) is 0 Å². The molecule has 22 heavy (non-hydrogen) atoms. The Balaban J connectivity index is 1.61. The Kier molecular flexibility index (Phi) is 4.98. The monoisotopic (exact) mass is 302 g/mol. The number of hydrogen-bond acceptors (Lipinski definition) is 3. The van der Waals surface area contributed by atoms with E-state index in [2.05, 4.69) is 17.6 Å². The van der Waals surface area contributed by atoms with E-state index < -0.39 is 0 Å². The number of ether oxygens (including phenoxy) is 1. The van der Waals surface area contributed by atoms with Crippen LogP contribution in [0.2, 0.25) is 0 Å². The molecule has 4 nitrogen and oxygen atoms in total. The lowest BCUT2D eigenvalue weighted by Crippen LogP contribution is -2.50. The first-order valence-corrected chi connectivity index (χ1v) is 8.50. The van der Waals surface area contributed by atoms with Gasteiger partial charge in [0, 0.05) is 18.2 Å². The summed E-state index contributed by atoms with van der Waals surface area (Å²) in [6.07, 6.45) is 6.18. The zero-order valence-electron chi connectivity index (χ0n) is 13.3. The van der Waals surface area contributed by atoms with Crippen LogP contribution in [0, 0.1) is 5.92 Å². The molecule has 2 fully saturated rings. The van der Waals surface area contributed by atoms with Gasteiger partial charge in [-0.25, -0.2) is 0 Å². The van der Waals surface area contributed by atoms with E-state index in [9.17, 15) is 4.79 Å². The van der Waals surface area contributed by atoms with E-state index in [-0.39, 0.29) is 11.9 Å². The molecule has 1 aliphatic heterocycles. The molecule has 0 aromatic heterocycles. The van der Waals surface area contributed by atoms with Gasteiger partial charge in [-0.05, 0) is 62.8 Å². The van der Waals surface area contributed by atoms with Crippen molar-refractivity contribution in [2.75, 3.05) is 13.1 Å². The van der Waals surface area contributed by atoms with Crippen LogP contribution in [0.15, 0.2) is 24.3 Å². The van der Waals surface area contributed by atoms with E-state index in [1.54, 1.807) is 0 Å². The number of hydrogen-bond donors (Lipinski definition) is 2. The molecule has 2 unspecified atom stereocenters. The molecule has 0 bridgehead atoms. The molecule has 120 valence electrons. The number of benzene rings is 1. The highest BCUT2D eigenvalue weighted by Gasteiger charge is 2.23. The van der Waals surface area contributed by atoms with Gasteiger partial charge in [-0.1, -0.05) is 13.0 Å². The number of carbonyl (C=O) groups excluding carboxylic acids is 1. The number of piperidine rings is 1. The SMILES string of the molecule is CC1CCNCC1NC(=O)c1cccc(OC2CCCC2)c1. The van der Waals surface area contributed by atoms with Crippen LogP contribution in [0.1, 0.15) is 49.4 Å². The van der Waals surface area contributed by atoms with Crippen molar-refractivity contribution < 1.29 is 9.53 Å². The molecule has 1 heterocycles. The minimum Gasteiger partial charge on any atom is -0.490 e. The zero-order valence-corrected chi connectivity index (χ0v) is 13.3. The van der Waals surface area contributed by atoms with Gasteiger partial charge in [0.2, 0.25) is 0 Å². The molecule has 1 amide bonds. The molecule has 4 heteroatoms. The van der Waals surface area contributed by atoms with E-state index in [4.69, 9.17) is 4.74 Å². The summed E-state index contributed by atoms with van der Waals surface area (Å²) in [5.74, 6) is 1.33. The second-order valence-corrected chi connectivity index (χ2v) is 6.60. The molecule has 0 spiro atoms. The fourth-order valence-corrected chi connectivity index (χ4v) is 3.34. The van der Waals surface area contributed by atoms with Gasteiger partial charge in [0.1, 0.15) is 5.75 Å². The lowest BCUT2D eigenvalue weighted by atomic mass is 9.94.